The minimum atomic E-state index is -0.854. The van der Waals surface area contributed by atoms with Crippen molar-refractivity contribution in [2.45, 2.75) is 6.10 Å². The van der Waals surface area contributed by atoms with E-state index < -0.39 is 6.10 Å². The van der Waals surface area contributed by atoms with Gasteiger partial charge in [-0.25, -0.2) is 0 Å². The quantitative estimate of drug-likeness (QED) is 0.691. The lowest BCUT2D eigenvalue weighted by Gasteiger charge is -2.12. The number of para-hydroxylation sites is 2. The molecular weight excluding hydrogens is 284 g/mol. The van der Waals surface area contributed by atoms with Crippen molar-refractivity contribution in [2.24, 2.45) is 0 Å². The first-order valence-corrected chi connectivity index (χ1v) is 6.92. The van der Waals surface area contributed by atoms with E-state index in [4.69, 9.17) is 9.84 Å². The van der Waals surface area contributed by atoms with E-state index in [2.05, 4.69) is 10.6 Å². The van der Waals surface area contributed by atoms with Gasteiger partial charge in [0.1, 0.15) is 5.75 Å². The molecule has 6 nitrogen and oxygen atoms in total. The molecule has 114 valence electrons. The van der Waals surface area contributed by atoms with E-state index in [-0.39, 0.29) is 19.1 Å². The summed E-state index contributed by atoms with van der Waals surface area (Å²) < 4.78 is 5.77. The lowest BCUT2D eigenvalue weighted by atomic mass is 10.1. The maximum Gasteiger partial charge on any atom is 0.259 e. The first-order chi connectivity index (χ1) is 10.7. The fraction of sp³-hybridized carbons (Fsp3) is 0.188. The summed E-state index contributed by atoms with van der Waals surface area (Å²) in [6.45, 7) is -0.130. The molecule has 0 saturated heterocycles. The highest BCUT2D eigenvalue weighted by atomic mass is 16.5. The summed E-state index contributed by atoms with van der Waals surface area (Å²) in [5.74, 6) is 0.799. The third-order valence-electron chi connectivity index (χ3n) is 3.33. The summed E-state index contributed by atoms with van der Waals surface area (Å²) in [5.41, 5.74) is 1.68. The van der Waals surface area contributed by atoms with Crippen LogP contribution in [0.2, 0.25) is 0 Å². The molecule has 0 aliphatic carbocycles. The standard InChI is InChI=1S/C16H16N2O4/c19-9-11(20)8-17-10-5-6-14-12(7-10)16(21)18-13-3-1-2-4-15(13)22-14/h1-7,11,17,19-20H,8-9H2,(H,18,21). The molecule has 0 bridgehead atoms. The maximum atomic E-state index is 12.3. The number of carbonyl (C=O) groups is 1. The Labute approximate surface area is 127 Å². The van der Waals surface area contributed by atoms with Gasteiger partial charge >= 0.3 is 0 Å². The van der Waals surface area contributed by atoms with Gasteiger partial charge in [0, 0.05) is 12.2 Å². The molecule has 1 aliphatic heterocycles. The Kier molecular flexibility index (Phi) is 3.95. The molecule has 0 radical (unpaired) electrons. The minimum Gasteiger partial charge on any atom is -0.454 e. The Balaban J connectivity index is 1.87. The maximum absolute atomic E-state index is 12.3. The average Bonchev–Trinajstić information content (AvgIpc) is 2.68. The van der Waals surface area contributed by atoms with Gasteiger partial charge in [-0.3, -0.25) is 4.79 Å². The Morgan fingerprint density at radius 1 is 1.18 bits per heavy atom. The van der Waals surface area contributed by atoms with Gasteiger partial charge in [-0.1, -0.05) is 12.1 Å². The molecule has 2 aromatic rings. The number of anilines is 2. The molecule has 1 aliphatic rings. The van der Waals surface area contributed by atoms with E-state index in [1.165, 1.54) is 0 Å². The molecule has 1 unspecified atom stereocenters. The van der Waals surface area contributed by atoms with Crippen molar-refractivity contribution in [3.05, 3.63) is 48.0 Å². The van der Waals surface area contributed by atoms with Crippen molar-refractivity contribution in [1.82, 2.24) is 0 Å². The first-order valence-electron chi connectivity index (χ1n) is 6.92. The van der Waals surface area contributed by atoms with Crippen LogP contribution in [0.15, 0.2) is 42.5 Å². The number of fused-ring (bicyclic) bond motifs is 2. The third-order valence-corrected chi connectivity index (χ3v) is 3.33. The molecule has 0 spiro atoms. The van der Waals surface area contributed by atoms with E-state index in [1.807, 2.05) is 12.1 Å². The van der Waals surface area contributed by atoms with Crippen molar-refractivity contribution in [3.63, 3.8) is 0 Å². The smallest absolute Gasteiger partial charge is 0.259 e. The van der Waals surface area contributed by atoms with Gasteiger partial charge in [0.25, 0.3) is 5.91 Å². The van der Waals surface area contributed by atoms with Gasteiger partial charge < -0.3 is 25.6 Å². The Morgan fingerprint density at radius 2 is 2.00 bits per heavy atom. The predicted molar refractivity (Wildman–Crippen MR) is 82.5 cm³/mol. The van der Waals surface area contributed by atoms with Crippen LogP contribution < -0.4 is 15.4 Å². The van der Waals surface area contributed by atoms with Gasteiger partial charge in [-0.15, -0.1) is 0 Å². The molecule has 4 N–H and O–H groups in total. The molecule has 0 saturated carbocycles. The lowest BCUT2D eigenvalue weighted by Crippen LogP contribution is -2.23. The van der Waals surface area contributed by atoms with Crippen molar-refractivity contribution in [2.75, 3.05) is 23.8 Å². The Morgan fingerprint density at radius 3 is 2.82 bits per heavy atom. The highest BCUT2D eigenvalue weighted by molar-refractivity contribution is 6.08. The number of aliphatic hydroxyl groups is 2. The van der Waals surface area contributed by atoms with Crippen LogP contribution in [0, 0.1) is 0 Å². The topological polar surface area (TPSA) is 90.8 Å². The summed E-state index contributed by atoms with van der Waals surface area (Å²) in [6, 6.07) is 12.3. The van der Waals surface area contributed by atoms with E-state index in [9.17, 15) is 9.90 Å². The molecule has 1 heterocycles. The number of hydrogen-bond acceptors (Lipinski definition) is 5. The molecule has 6 heteroatoms. The van der Waals surface area contributed by atoms with Crippen molar-refractivity contribution in [1.29, 1.82) is 0 Å². The molecule has 22 heavy (non-hydrogen) atoms. The van der Waals surface area contributed by atoms with Crippen LogP contribution in [0.3, 0.4) is 0 Å². The summed E-state index contributed by atoms with van der Waals surface area (Å²) in [6.07, 6.45) is -0.854. The lowest BCUT2D eigenvalue weighted by molar-refractivity contribution is 0.102. The molecule has 0 fully saturated rings. The number of benzene rings is 2. The number of amides is 1. The fourth-order valence-corrected chi connectivity index (χ4v) is 2.17. The number of carbonyl (C=O) groups excluding carboxylic acids is 1. The van der Waals surface area contributed by atoms with Crippen LogP contribution in [0.4, 0.5) is 11.4 Å². The van der Waals surface area contributed by atoms with E-state index in [0.29, 0.717) is 28.4 Å². The van der Waals surface area contributed by atoms with Gasteiger partial charge in [0.15, 0.2) is 5.75 Å². The molecular formula is C16H16N2O4. The molecule has 1 amide bonds. The zero-order valence-corrected chi connectivity index (χ0v) is 11.7. The Bertz CT molecular complexity index is 702. The summed E-state index contributed by atoms with van der Waals surface area (Å²) in [4.78, 5) is 12.3. The second kappa shape index (κ2) is 6.05. The zero-order chi connectivity index (χ0) is 15.5. The van der Waals surface area contributed by atoms with Crippen molar-refractivity contribution >= 4 is 17.3 Å². The molecule has 0 aromatic heterocycles. The van der Waals surface area contributed by atoms with Crippen LogP contribution in [-0.2, 0) is 0 Å². The average molecular weight is 300 g/mol. The van der Waals surface area contributed by atoms with E-state index in [0.717, 1.165) is 0 Å². The number of nitrogens with one attached hydrogen (secondary N) is 2. The largest absolute Gasteiger partial charge is 0.454 e. The number of ether oxygens (including phenoxy) is 1. The van der Waals surface area contributed by atoms with Gasteiger partial charge in [0.05, 0.1) is 24.0 Å². The summed E-state index contributed by atoms with van der Waals surface area (Å²) in [7, 11) is 0. The van der Waals surface area contributed by atoms with Crippen LogP contribution in [0.1, 0.15) is 10.4 Å². The number of rotatable bonds is 4. The summed E-state index contributed by atoms with van der Waals surface area (Å²) in [5, 5.41) is 23.9. The zero-order valence-electron chi connectivity index (χ0n) is 11.7. The monoisotopic (exact) mass is 300 g/mol. The van der Waals surface area contributed by atoms with Gasteiger partial charge in [-0.05, 0) is 30.3 Å². The van der Waals surface area contributed by atoms with Crippen LogP contribution in [-0.4, -0.2) is 35.4 Å². The number of hydrogen-bond donors (Lipinski definition) is 4. The molecule has 3 rings (SSSR count). The molecule has 1 atom stereocenters. The van der Waals surface area contributed by atoms with Crippen LogP contribution >= 0.6 is 0 Å². The van der Waals surface area contributed by atoms with Crippen molar-refractivity contribution < 1.29 is 19.7 Å². The Hall–Kier alpha value is -2.57. The van der Waals surface area contributed by atoms with Crippen molar-refractivity contribution in [3.8, 4) is 11.5 Å². The minimum absolute atomic E-state index is 0.192. The van der Waals surface area contributed by atoms with E-state index >= 15 is 0 Å². The van der Waals surface area contributed by atoms with Gasteiger partial charge in [0.2, 0.25) is 0 Å². The second-order valence-electron chi connectivity index (χ2n) is 4.98. The predicted octanol–water partition coefficient (Wildman–Crippen LogP) is 1.81. The van der Waals surface area contributed by atoms with Gasteiger partial charge in [-0.2, -0.15) is 0 Å². The SMILES string of the molecule is O=C1Nc2ccccc2Oc2ccc(NCC(O)CO)cc21. The normalized spacial score (nSPS) is 14.0. The fourth-order valence-electron chi connectivity index (χ4n) is 2.17. The highest BCUT2D eigenvalue weighted by Crippen LogP contribution is 2.36. The highest BCUT2D eigenvalue weighted by Gasteiger charge is 2.20. The van der Waals surface area contributed by atoms with Crippen LogP contribution in [0.25, 0.3) is 0 Å². The van der Waals surface area contributed by atoms with Crippen LogP contribution in [0.5, 0.6) is 11.5 Å². The molecule has 2 aromatic carbocycles. The second-order valence-corrected chi connectivity index (χ2v) is 4.98. The first kappa shape index (κ1) is 14.4. The number of aliphatic hydroxyl groups excluding tert-OH is 2. The third kappa shape index (κ3) is 2.88. The van der Waals surface area contributed by atoms with E-state index in [1.54, 1.807) is 30.3 Å². The summed E-state index contributed by atoms with van der Waals surface area (Å²) >= 11 is 0.